The number of rotatable bonds is 4. The van der Waals surface area contributed by atoms with Crippen LogP contribution in [0.25, 0.3) is 87.6 Å². The van der Waals surface area contributed by atoms with E-state index in [-0.39, 0.29) is 0 Å². The highest BCUT2D eigenvalue weighted by Crippen LogP contribution is 2.46. The quantitative estimate of drug-likeness (QED) is 0.181. The van der Waals surface area contributed by atoms with Crippen molar-refractivity contribution in [3.05, 3.63) is 182 Å². The highest BCUT2D eigenvalue weighted by molar-refractivity contribution is 6.23. The molecule has 0 aliphatic rings. The van der Waals surface area contributed by atoms with E-state index in [2.05, 4.69) is 182 Å². The first-order valence-electron chi connectivity index (χ1n) is 15.9. The molecule has 0 amide bonds. The molecule has 0 fully saturated rings. The topological polar surface area (TPSA) is 0 Å². The Balaban J connectivity index is 1.33. The normalized spacial score (nSPS) is 11.5. The van der Waals surface area contributed by atoms with E-state index in [1.165, 1.54) is 87.6 Å². The van der Waals surface area contributed by atoms with Gasteiger partial charge in [-0.1, -0.05) is 170 Å². The molecule has 0 heteroatoms. The van der Waals surface area contributed by atoms with Gasteiger partial charge in [0.05, 0.1) is 0 Å². The molecule has 0 saturated carbocycles. The standard InChI is InChI=1S/C46H30/c1-2-14-32(15-3-1)37-24-12-17-33-26-28-36(30-44(33)37)45-40-20-8-10-22-42(40)46(43-23-11-9-21-41(43)45)39-19-7-6-18-38(39)35-27-25-31-13-4-5-16-34(31)29-35/h1-30H. The Kier molecular flexibility index (Phi) is 6.25. The van der Waals surface area contributed by atoms with Crippen molar-refractivity contribution in [3.8, 4) is 44.5 Å². The van der Waals surface area contributed by atoms with Crippen LogP contribution >= 0.6 is 0 Å². The van der Waals surface area contributed by atoms with Gasteiger partial charge >= 0.3 is 0 Å². The molecule has 0 saturated heterocycles. The summed E-state index contributed by atoms with van der Waals surface area (Å²) in [5.74, 6) is 0. The van der Waals surface area contributed by atoms with Crippen LogP contribution in [0.3, 0.4) is 0 Å². The van der Waals surface area contributed by atoms with Gasteiger partial charge in [0.1, 0.15) is 0 Å². The Morgan fingerprint density at radius 3 is 1.48 bits per heavy atom. The second-order valence-electron chi connectivity index (χ2n) is 12.1. The molecular weight excluding hydrogens is 553 g/mol. The summed E-state index contributed by atoms with van der Waals surface area (Å²) in [5, 5.41) is 10.1. The Labute approximate surface area is 268 Å². The molecule has 0 spiro atoms. The zero-order valence-electron chi connectivity index (χ0n) is 25.3. The third-order valence-electron chi connectivity index (χ3n) is 9.44. The second kappa shape index (κ2) is 10.9. The average molecular weight is 583 g/mol. The molecule has 0 aliphatic heterocycles. The van der Waals surface area contributed by atoms with Crippen LogP contribution in [0.2, 0.25) is 0 Å². The zero-order valence-corrected chi connectivity index (χ0v) is 25.3. The highest BCUT2D eigenvalue weighted by Gasteiger charge is 2.19. The fourth-order valence-corrected chi connectivity index (χ4v) is 7.34. The maximum atomic E-state index is 2.40. The van der Waals surface area contributed by atoms with E-state index in [1.807, 2.05) is 0 Å². The molecule has 0 heterocycles. The molecule has 9 rings (SSSR count). The van der Waals surface area contributed by atoms with Gasteiger partial charge in [0.2, 0.25) is 0 Å². The molecular formula is C46H30. The maximum absolute atomic E-state index is 2.40. The van der Waals surface area contributed by atoms with Crippen LogP contribution in [-0.2, 0) is 0 Å². The molecule has 0 aliphatic carbocycles. The largest absolute Gasteiger partial charge is 0.0622 e. The summed E-state index contributed by atoms with van der Waals surface area (Å²) in [6, 6.07) is 66.6. The van der Waals surface area contributed by atoms with Crippen molar-refractivity contribution < 1.29 is 0 Å². The lowest BCUT2D eigenvalue weighted by Gasteiger charge is -2.20. The van der Waals surface area contributed by atoms with Crippen molar-refractivity contribution in [3.63, 3.8) is 0 Å². The molecule has 214 valence electrons. The van der Waals surface area contributed by atoms with Gasteiger partial charge < -0.3 is 0 Å². The molecule has 0 nitrogen and oxygen atoms in total. The van der Waals surface area contributed by atoms with Crippen LogP contribution in [0.1, 0.15) is 0 Å². The maximum Gasteiger partial charge on any atom is -0.00201 e. The van der Waals surface area contributed by atoms with Crippen molar-refractivity contribution in [2.75, 3.05) is 0 Å². The zero-order chi connectivity index (χ0) is 30.5. The van der Waals surface area contributed by atoms with Crippen LogP contribution in [0.5, 0.6) is 0 Å². The van der Waals surface area contributed by atoms with E-state index in [9.17, 15) is 0 Å². The van der Waals surface area contributed by atoms with E-state index in [4.69, 9.17) is 0 Å². The smallest absolute Gasteiger partial charge is 0.00201 e. The van der Waals surface area contributed by atoms with Gasteiger partial charge in [-0.2, -0.15) is 0 Å². The molecule has 0 bridgehead atoms. The van der Waals surface area contributed by atoms with Crippen LogP contribution in [0.4, 0.5) is 0 Å². The predicted octanol–water partition coefficient (Wildman–Crippen LogP) is 13.0. The number of hydrogen-bond acceptors (Lipinski definition) is 0. The monoisotopic (exact) mass is 582 g/mol. The SMILES string of the molecule is c1ccc(-c2cccc3ccc(-c4c5ccccc5c(-c5ccccc5-c5ccc6ccccc6c5)c5ccccc45)cc23)cc1. The minimum Gasteiger partial charge on any atom is -0.0622 e. The summed E-state index contributed by atoms with van der Waals surface area (Å²) in [5.41, 5.74) is 10.0. The van der Waals surface area contributed by atoms with Crippen molar-refractivity contribution in [1.82, 2.24) is 0 Å². The second-order valence-corrected chi connectivity index (χ2v) is 12.1. The fraction of sp³-hybridized carbons (Fsp3) is 0. The Morgan fingerprint density at radius 1 is 0.217 bits per heavy atom. The Bertz CT molecular complexity index is 2520. The number of benzene rings is 9. The van der Waals surface area contributed by atoms with Gasteiger partial charge in [-0.25, -0.2) is 0 Å². The molecule has 0 unspecified atom stereocenters. The lowest BCUT2D eigenvalue weighted by atomic mass is 9.83. The summed E-state index contributed by atoms with van der Waals surface area (Å²) in [7, 11) is 0. The van der Waals surface area contributed by atoms with Crippen molar-refractivity contribution >= 4 is 43.1 Å². The summed E-state index contributed by atoms with van der Waals surface area (Å²) in [4.78, 5) is 0. The first-order chi connectivity index (χ1) is 22.8. The van der Waals surface area contributed by atoms with Gasteiger partial charge in [-0.05, 0) is 99.7 Å². The molecule has 0 atom stereocenters. The summed E-state index contributed by atoms with van der Waals surface area (Å²) in [6.45, 7) is 0. The van der Waals surface area contributed by atoms with Gasteiger partial charge in [0.25, 0.3) is 0 Å². The van der Waals surface area contributed by atoms with Gasteiger partial charge in [0.15, 0.2) is 0 Å². The fourth-order valence-electron chi connectivity index (χ4n) is 7.34. The third-order valence-corrected chi connectivity index (χ3v) is 9.44. The van der Waals surface area contributed by atoms with E-state index < -0.39 is 0 Å². The third kappa shape index (κ3) is 4.30. The van der Waals surface area contributed by atoms with E-state index in [0.29, 0.717) is 0 Å². The summed E-state index contributed by atoms with van der Waals surface area (Å²) in [6.07, 6.45) is 0. The molecule has 0 radical (unpaired) electrons. The van der Waals surface area contributed by atoms with E-state index in [1.54, 1.807) is 0 Å². The van der Waals surface area contributed by atoms with Crippen LogP contribution < -0.4 is 0 Å². The first-order valence-corrected chi connectivity index (χ1v) is 15.9. The van der Waals surface area contributed by atoms with Crippen molar-refractivity contribution in [2.24, 2.45) is 0 Å². The molecule has 9 aromatic rings. The summed E-state index contributed by atoms with van der Waals surface area (Å²) >= 11 is 0. The molecule has 9 aromatic carbocycles. The number of hydrogen-bond donors (Lipinski definition) is 0. The highest BCUT2D eigenvalue weighted by atomic mass is 14.2. The average Bonchev–Trinajstić information content (AvgIpc) is 3.13. The lowest BCUT2D eigenvalue weighted by molar-refractivity contribution is 1.62. The van der Waals surface area contributed by atoms with Gasteiger partial charge in [-0.3, -0.25) is 0 Å². The Hall–Kier alpha value is -5.98. The first kappa shape index (κ1) is 26.4. The van der Waals surface area contributed by atoms with Crippen molar-refractivity contribution in [2.45, 2.75) is 0 Å². The van der Waals surface area contributed by atoms with Crippen LogP contribution in [0, 0.1) is 0 Å². The molecule has 0 aromatic heterocycles. The number of fused-ring (bicyclic) bond motifs is 4. The molecule has 0 N–H and O–H groups in total. The van der Waals surface area contributed by atoms with Crippen molar-refractivity contribution in [1.29, 1.82) is 0 Å². The molecule has 46 heavy (non-hydrogen) atoms. The van der Waals surface area contributed by atoms with E-state index in [0.717, 1.165) is 0 Å². The predicted molar refractivity (Wildman–Crippen MR) is 198 cm³/mol. The Morgan fingerprint density at radius 2 is 0.739 bits per heavy atom. The van der Waals surface area contributed by atoms with Gasteiger partial charge in [0, 0.05) is 0 Å². The van der Waals surface area contributed by atoms with E-state index >= 15 is 0 Å². The van der Waals surface area contributed by atoms with Gasteiger partial charge in [-0.15, -0.1) is 0 Å². The summed E-state index contributed by atoms with van der Waals surface area (Å²) < 4.78 is 0. The minimum atomic E-state index is 1.23. The van der Waals surface area contributed by atoms with Crippen LogP contribution in [0.15, 0.2) is 182 Å². The lowest BCUT2D eigenvalue weighted by Crippen LogP contribution is -1.93. The van der Waals surface area contributed by atoms with Crippen LogP contribution in [-0.4, -0.2) is 0 Å². The minimum absolute atomic E-state index is 1.23.